The first kappa shape index (κ1) is 13.6. The van der Waals surface area contributed by atoms with E-state index < -0.39 is 5.60 Å². The largest absolute Gasteiger partial charge is 0.369 e. The zero-order valence-electron chi connectivity index (χ0n) is 10.9. The molecular weight excluding hydrogens is 264 g/mol. The van der Waals surface area contributed by atoms with Gasteiger partial charge in [0.1, 0.15) is 5.60 Å². The van der Waals surface area contributed by atoms with Crippen LogP contribution < -0.4 is 5.32 Å². The molecule has 0 unspecified atom stereocenters. The Labute approximate surface area is 115 Å². The van der Waals surface area contributed by atoms with Gasteiger partial charge in [-0.25, -0.2) is 0 Å². The highest BCUT2D eigenvalue weighted by atomic mass is 32.1. The molecule has 0 radical (unpaired) electrons. The Morgan fingerprint density at radius 3 is 2.68 bits per heavy atom. The number of hydrogen-bond acceptors (Lipinski definition) is 6. The van der Waals surface area contributed by atoms with Crippen molar-refractivity contribution in [1.29, 1.82) is 0 Å². The monoisotopic (exact) mass is 278 g/mol. The Morgan fingerprint density at radius 2 is 2.05 bits per heavy atom. The van der Waals surface area contributed by atoms with Gasteiger partial charge in [0.2, 0.25) is 5.13 Å². The number of methoxy groups -OCH3 is 1. The van der Waals surface area contributed by atoms with Gasteiger partial charge in [-0.1, -0.05) is 0 Å². The molecule has 6 nitrogen and oxygen atoms in total. The van der Waals surface area contributed by atoms with Crippen molar-refractivity contribution in [1.82, 2.24) is 14.3 Å². The minimum absolute atomic E-state index is 0.257. The molecule has 2 aromatic heterocycles. The van der Waals surface area contributed by atoms with Crippen molar-refractivity contribution >= 4 is 22.6 Å². The number of aromatic nitrogens is 3. The third-order valence-corrected chi connectivity index (χ3v) is 3.27. The minimum Gasteiger partial charge on any atom is -0.369 e. The molecule has 0 atom stereocenters. The minimum atomic E-state index is -0.900. The van der Waals surface area contributed by atoms with Crippen molar-refractivity contribution in [3.63, 3.8) is 0 Å². The quantitative estimate of drug-likeness (QED) is 0.925. The summed E-state index contributed by atoms with van der Waals surface area (Å²) < 4.78 is 9.29. The lowest BCUT2D eigenvalue weighted by Gasteiger charge is -2.20. The molecule has 0 aliphatic heterocycles. The zero-order valence-corrected chi connectivity index (χ0v) is 11.7. The molecule has 0 aromatic carbocycles. The van der Waals surface area contributed by atoms with Crippen LogP contribution in [0.5, 0.6) is 0 Å². The molecule has 0 saturated carbocycles. The van der Waals surface area contributed by atoms with Crippen LogP contribution in [0.1, 0.15) is 13.8 Å². The number of carbonyl (C=O) groups excluding carboxylic acids is 1. The van der Waals surface area contributed by atoms with E-state index in [0.717, 1.165) is 17.1 Å². The Balaban J connectivity index is 2.13. The molecule has 1 amide bonds. The van der Waals surface area contributed by atoms with Gasteiger partial charge in [-0.15, -0.1) is 0 Å². The second kappa shape index (κ2) is 5.41. The summed E-state index contributed by atoms with van der Waals surface area (Å²) in [7, 11) is 1.49. The molecule has 0 aliphatic carbocycles. The van der Waals surface area contributed by atoms with E-state index in [0.29, 0.717) is 11.0 Å². The average molecular weight is 278 g/mol. The number of nitrogens with one attached hydrogen (secondary N) is 1. The molecule has 1 N–H and O–H groups in total. The standard InChI is InChI=1S/C12H14N4O2S/c1-12(2,18-3)10(17)15-11-14-9(16-19-11)8-4-6-13-7-5-8/h4-7H,1-3H3,(H,14,15,16,17). The van der Waals surface area contributed by atoms with E-state index in [1.807, 2.05) is 12.1 Å². The fourth-order valence-electron chi connectivity index (χ4n) is 1.23. The molecule has 0 spiro atoms. The van der Waals surface area contributed by atoms with Crippen LogP contribution >= 0.6 is 11.5 Å². The lowest BCUT2D eigenvalue weighted by molar-refractivity contribution is -0.133. The van der Waals surface area contributed by atoms with Crippen molar-refractivity contribution in [3.05, 3.63) is 24.5 Å². The predicted molar refractivity (Wildman–Crippen MR) is 72.9 cm³/mol. The lowest BCUT2D eigenvalue weighted by atomic mass is 10.1. The SMILES string of the molecule is COC(C)(C)C(=O)Nc1nc(-c2ccncc2)ns1. The van der Waals surface area contributed by atoms with Crippen LogP contribution in [0.2, 0.25) is 0 Å². The molecule has 0 fully saturated rings. The average Bonchev–Trinajstić information content (AvgIpc) is 2.88. The predicted octanol–water partition coefficient (Wildman–Crippen LogP) is 1.96. The fraction of sp³-hybridized carbons (Fsp3) is 0.333. The fourth-order valence-corrected chi connectivity index (χ4v) is 1.82. The summed E-state index contributed by atoms with van der Waals surface area (Å²) in [5.74, 6) is 0.311. The molecular formula is C12H14N4O2S. The Bertz CT molecular complexity index is 568. The van der Waals surface area contributed by atoms with Gasteiger partial charge in [0, 0.05) is 36.6 Å². The van der Waals surface area contributed by atoms with Gasteiger partial charge < -0.3 is 4.74 Å². The number of pyridine rings is 1. The highest BCUT2D eigenvalue weighted by Crippen LogP contribution is 2.21. The van der Waals surface area contributed by atoms with Crippen molar-refractivity contribution in [2.45, 2.75) is 19.4 Å². The van der Waals surface area contributed by atoms with Crippen LogP contribution in [0.15, 0.2) is 24.5 Å². The van der Waals surface area contributed by atoms with Crippen molar-refractivity contribution in [3.8, 4) is 11.4 Å². The van der Waals surface area contributed by atoms with Crippen LogP contribution in [0, 0.1) is 0 Å². The Morgan fingerprint density at radius 1 is 1.37 bits per heavy atom. The summed E-state index contributed by atoms with van der Waals surface area (Å²) in [5.41, 5.74) is -0.0413. The topological polar surface area (TPSA) is 77.0 Å². The maximum absolute atomic E-state index is 11.9. The molecule has 100 valence electrons. The second-order valence-electron chi connectivity index (χ2n) is 4.33. The number of rotatable bonds is 4. The Hall–Kier alpha value is -1.86. The molecule has 0 aliphatic rings. The lowest BCUT2D eigenvalue weighted by Crippen LogP contribution is -2.38. The van der Waals surface area contributed by atoms with Gasteiger partial charge in [-0.3, -0.25) is 15.1 Å². The third-order valence-electron chi connectivity index (χ3n) is 2.64. The van der Waals surface area contributed by atoms with Crippen LogP contribution in [0.25, 0.3) is 11.4 Å². The van der Waals surface area contributed by atoms with Gasteiger partial charge in [-0.2, -0.15) is 9.36 Å². The van der Waals surface area contributed by atoms with Crippen molar-refractivity contribution in [2.75, 3.05) is 12.4 Å². The van der Waals surface area contributed by atoms with E-state index in [-0.39, 0.29) is 5.91 Å². The molecule has 2 aromatic rings. The van der Waals surface area contributed by atoms with Crippen molar-refractivity contribution < 1.29 is 9.53 Å². The maximum atomic E-state index is 11.9. The summed E-state index contributed by atoms with van der Waals surface area (Å²) in [4.78, 5) is 20.1. The first-order chi connectivity index (χ1) is 9.03. The molecule has 7 heteroatoms. The van der Waals surface area contributed by atoms with E-state index in [1.54, 1.807) is 26.2 Å². The first-order valence-electron chi connectivity index (χ1n) is 5.63. The molecule has 0 saturated heterocycles. The van der Waals surface area contributed by atoms with Gasteiger partial charge in [-0.05, 0) is 26.0 Å². The summed E-state index contributed by atoms with van der Waals surface area (Å²) in [5, 5.41) is 3.13. The summed E-state index contributed by atoms with van der Waals surface area (Å²) >= 11 is 1.13. The molecule has 0 bridgehead atoms. The summed E-state index contributed by atoms with van der Waals surface area (Å²) in [6.45, 7) is 3.38. The number of amides is 1. The van der Waals surface area contributed by atoms with E-state index in [9.17, 15) is 4.79 Å². The summed E-state index contributed by atoms with van der Waals surface area (Å²) in [6, 6.07) is 3.62. The Kier molecular flexibility index (Phi) is 3.87. The number of anilines is 1. The van der Waals surface area contributed by atoms with E-state index in [2.05, 4.69) is 19.7 Å². The van der Waals surface area contributed by atoms with Gasteiger partial charge in [0.05, 0.1) is 0 Å². The van der Waals surface area contributed by atoms with Gasteiger partial charge in [0.25, 0.3) is 5.91 Å². The maximum Gasteiger partial charge on any atom is 0.257 e. The second-order valence-corrected chi connectivity index (χ2v) is 5.08. The van der Waals surface area contributed by atoms with E-state index >= 15 is 0 Å². The molecule has 2 rings (SSSR count). The summed E-state index contributed by atoms with van der Waals surface area (Å²) in [6.07, 6.45) is 3.34. The van der Waals surface area contributed by atoms with Crippen LogP contribution in [0.3, 0.4) is 0 Å². The zero-order chi connectivity index (χ0) is 13.9. The highest BCUT2D eigenvalue weighted by molar-refractivity contribution is 7.10. The number of carbonyl (C=O) groups is 1. The smallest absolute Gasteiger partial charge is 0.257 e. The number of hydrogen-bond donors (Lipinski definition) is 1. The number of ether oxygens (including phenoxy) is 1. The number of nitrogens with zero attached hydrogens (tertiary/aromatic N) is 3. The normalized spacial score (nSPS) is 11.3. The molecule has 19 heavy (non-hydrogen) atoms. The third kappa shape index (κ3) is 3.12. The van der Waals surface area contributed by atoms with Crippen molar-refractivity contribution in [2.24, 2.45) is 0 Å². The van der Waals surface area contributed by atoms with Crippen LogP contribution in [-0.4, -0.2) is 33.0 Å². The first-order valence-corrected chi connectivity index (χ1v) is 6.41. The van der Waals surface area contributed by atoms with Crippen LogP contribution in [-0.2, 0) is 9.53 Å². The van der Waals surface area contributed by atoms with E-state index in [1.165, 1.54) is 7.11 Å². The van der Waals surface area contributed by atoms with Crippen LogP contribution in [0.4, 0.5) is 5.13 Å². The highest BCUT2D eigenvalue weighted by Gasteiger charge is 2.27. The van der Waals surface area contributed by atoms with Gasteiger partial charge in [0.15, 0.2) is 5.82 Å². The van der Waals surface area contributed by atoms with E-state index in [4.69, 9.17) is 4.74 Å². The van der Waals surface area contributed by atoms with Gasteiger partial charge >= 0.3 is 0 Å². The molecule has 2 heterocycles.